The van der Waals surface area contributed by atoms with Crippen molar-refractivity contribution < 1.29 is 0 Å². The average Bonchev–Trinajstić information content (AvgIpc) is 2.83. The maximum absolute atomic E-state index is 2.77. The quantitative estimate of drug-likeness (QED) is 0.784. The van der Waals surface area contributed by atoms with Gasteiger partial charge in [-0.05, 0) is 58.4 Å². The summed E-state index contributed by atoms with van der Waals surface area (Å²) in [6, 6.07) is 1.49. The third kappa shape index (κ3) is 2.46. The van der Waals surface area contributed by atoms with Gasteiger partial charge in [0.1, 0.15) is 0 Å². The molecule has 3 heterocycles. The monoisotopic (exact) mass is 291 g/mol. The molecule has 1 spiro atoms. The smallest absolute Gasteiger partial charge is 0.00970 e. The van der Waals surface area contributed by atoms with Crippen molar-refractivity contribution in [3.63, 3.8) is 0 Å². The number of rotatable bonds is 4. The van der Waals surface area contributed by atoms with Crippen molar-refractivity contribution in [2.45, 2.75) is 46.2 Å². The van der Waals surface area contributed by atoms with Gasteiger partial charge in [0.15, 0.2) is 0 Å². The van der Waals surface area contributed by atoms with Crippen LogP contribution in [0.5, 0.6) is 0 Å². The second-order valence-corrected chi connectivity index (χ2v) is 9.02. The van der Waals surface area contributed by atoms with Crippen LogP contribution in [0.25, 0.3) is 0 Å². The van der Waals surface area contributed by atoms with Crippen LogP contribution in [0.3, 0.4) is 0 Å². The molecule has 0 aromatic heterocycles. The molecule has 4 rings (SSSR count). The molecule has 0 aromatic carbocycles. The summed E-state index contributed by atoms with van der Waals surface area (Å²) >= 11 is 0. The maximum atomic E-state index is 2.77. The number of hydrogen-bond acceptors (Lipinski definition) is 3. The molecule has 0 bridgehead atoms. The van der Waals surface area contributed by atoms with E-state index >= 15 is 0 Å². The highest BCUT2D eigenvalue weighted by Crippen LogP contribution is 2.53. The average molecular weight is 291 g/mol. The van der Waals surface area contributed by atoms with E-state index in [1.165, 1.54) is 52.2 Å². The topological polar surface area (TPSA) is 9.72 Å². The van der Waals surface area contributed by atoms with Crippen molar-refractivity contribution in [2.24, 2.45) is 23.2 Å². The lowest BCUT2D eigenvalue weighted by atomic mass is 9.79. The Kier molecular flexibility index (Phi) is 3.40. The van der Waals surface area contributed by atoms with Gasteiger partial charge in [0.25, 0.3) is 0 Å². The van der Waals surface area contributed by atoms with E-state index in [1.807, 2.05) is 0 Å². The molecule has 4 aliphatic rings. The second-order valence-electron chi connectivity index (χ2n) is 9.02. The first-order valence-electron chi connectivity index (χ1n) is 9.18. The van der Waals surface area contributed by atoms with Gasteiger partial charge < -0.3 is 14.7 Å². The SMILES string of the molecule is CC(C)N1CC2C(CN3CC4(CCN(C(C)C)C4)C3)C2C1. The Morgan fingerprint density at radius 3 is 2.05 bits per heavy atom. The largest absolute Gasteiger partial charge is 0.302 e. The minimum absolute atomic E-state index is 0.679. The predicted molar refractivity (Wildman–Crippen MR) is 87.4 cm³/mol. The third-order valence-corrected chi connectivity index (χ3v) is 6.92. The fourth-order valence-corrected chi connectivity index (χ4v) is 5.37. The molecule has 3 aliphatic heterocycles. The fourth-order valence-electron chi connectivity index (χ4n) is 5.37. The van der Waals surface area contributed by atoms with Crippen molar-refractivity contribution in [1.82, 2.24) is 14.7 Å². The first-order chi connectivity index (χ1) is 9.97. The molecule has 0 N–H and O–H groups in total. The van der Waals surface area contributed by atoms with E-state index < -0.39 is 0 Å². The van der Waals surface area contributed by atoms with Crippen LogP contribution in [-0.4, -0.2) is 72.6 Å². The van der Waals surface area contributed by atoms with Gasteiger partial charge in [0.2, 0.25) is 0 Å². The van der Waals surface area contributed by atoms with Crippen LogP contribution >= 0.6 is 0 Å². The Bertz CT molecular complexity index is 387. The van der Waals surface area contributed by atoms with Gasteiger partial charge in [-0.25, -0.2) is 0 Å². The minimum Gasteiger partial charge on any atom is -0.302 e. The lowest BCUT2D eigenvalue weighted by molar-refractivity contribution is -0.000434. The van der Waals surface area contributed by atoms with Crippen LogP contribution in [0.1, 0.15) is 34.1 Å². The summed E-state index contributed by atoms with van der Waals surface area (Å²) < 4.78 is 0. The number of likely N-dealkylation sites (tertiary alicyclic amines) is 3. The first kappa shape index (κ1) is 14.5. The molecule has 3 saturated heterocycles. The number of fused-ring (bicyclic) bond motifs is 1. The van der Waals surface area contributed by atoms with Gasteiger partial charge in [0, 0.05) is 56.8 Å². The zero-order valence-electron chi connectivity index (χ0n) is 14.4. The van der Waals surface area contributed by atoms with E-state index in [1.54, 1.807) is 0 Å². The van der Waals surface area contributed by atoms with Gasteiger partial charge in [0.05, 0.1) is 0 Å². The molecule has 0 aromatic rings. The Hall–Kier alpha value is -0.120. The minimum atomic E-state index is 0.679. The molecule has 2 atom stereocenters. The standard InChI is InChI=1S/C18H33N3/c1-13(2)20-6-5-18(12-20)10-19(11-18)7-15-16-8-21(14(3)4)9-17(15)16/h13-17H,5-12H2,1-4H3. The van der Waals surface area contributed by atoms with E-state index in [2.05, 4.69) is 42.4 Å². The Labute approximate surface area is 130 Å². The highest BCUT2D eigenvalue weighted by atomic mass is 15.3. The van der Waals surface area contributed by atoms with Crippen molar-refractivity contribution >= 4 is 0 Å². The zero-order valence-corrected chi connectivity index (χ0v) is 14.4. The highest BCUT2D eigenvalue weighted by Gasteiger charge is 2.57. The fraction of sp³-hybridized carbons (Fsp3) is 1.00. The van der Waals surface area contributed by atoms with E-state index in [-0.39, 0.29) is 0 Å². The Morgan fingerprint density at radius 1 is 0.905 bits per heavy atom. The lowest BCUT2D eigenvalue weighted by Gasteiger charge is -2.49. The van der Waals surface area contributed by atoms with Crippen LogP contribution in [0, 0.1) is 23.2 Å². The molecule has 4 fully saturated rings. The number of hydrogen-bond donors (Lipinski definition) is 0. The van der Waals surface area contributed by atoms with Crippen molar-refractivity contribution in [2.75, 3.05) is 45.8 Å². The molecule has 21 heavy (non-hydrogen) atoms. The lowest BCUT2D eigenvalue weighted by Crippen LogP contribution is -2.58. The van der Waals surface area contributed by atoms with Crippen LogP contribution in [-0.2, 0) is 0 Å². The van der Waals surface area contributed by atoms with E-state index in [0.29, 0.717) is 5.41 Å². The summed E-state index contributed by atoms with van der Waals surface area (Å²) in [5, 5.41) is 0. The molecule has 0 radical (unpaired) electrons. The summed E-state index contributed by atoms with van der Waals surface area (Å²) in [4.78, 5) is 8.14. The predicted octanol–water partition coefficient (Wildman–Crippen LogP) is 1.99. The molecule has 3 nitrogen and oxygen atoms in total. The highest BCUT2D eigenvalue weighted by molar-refractivity contribution is 5.09. The summed E-state index contributed by atoms with van der Waals surface area (Å²) in [5.41, 5.74) is 0.679. The molecule has 0 amide bonds. The number of nitrogens with zero attached hydrogens (tertiary/aromatic N) is 3. The van der Waals surface area contributed by atoms with Crippen molar-refractivity contribution in [3.05, 3.63) is 0 Å². The van der Waals surface area contributed by atoms with Crippen LogP contribution < -0.4 is 0 Å². The maximum Gasteiger partial charge on any atom is 0.00970 e. The molecule has 2 unspecified atom stereocenters. The van der Waals surface area contributed by atoms with E-state index in [9.17, 15) is 0 Å². The molecule has 1 saturated carbocycles. The van der Waals surface area contributed by atoms with Crippen molar-refractivity contribution in [3.8, 4) is 0 Å². The summed E-state index contributed by atoms with van der Waals surface area (Å²) in [6.07, 6.45) is 1.44. The molecular weight excluding hydrogens is 258 g/mol. The van der Waals surface area contributed by atoms with Gasteiger partial charge >= 0.3 is 0 Å². The summed E-state index contributed by atoms with van der Waals surface area (Å²) in [5.74, 6) is 3.12. The Balaban J connectivity index is 1.21. The number of piperidine rings is 1. The third-order valence-electron chi connectivity index (χ3n) is 6.92. The van der Waals surface area contributed by atoms with Gasteiger partial charge in [-0.15, -0.1) is 0 Å². The van der Waals surface area contributed by atoms with Crippen LogP contribution in [0.2, 0.25) is 0 Å². The van der Waals surface area contributed by atoms with Crippen molar-refractivity contribution in [1.29, 1.82) is 0 Å². The first-order valence-corrected chi connectivity index (χ1v) is 9.18. The molecular formula is C18H33N3. The zero-order chi connectivity index (χ0) is 14.8. The van der Waals surface area contributed by atoms with Crippen LogP contribution in [0.4, 0.5) is 0 Å². The van der Waals surface area contributed by atoms with Gasteiger partial charge in [-0.1, -0.05) is 0 Å². The molecule has 3 heteroatoms. The normalized spacial score (nSPS) is 39.4. The van der Waals surface area contributed by atoms with Gasteiger partial charge in [-0.2, -0.15) is 0 Å². The van der Waals surface area contributed by atoms with E-state index in [4.69, 9.17) is 0 Å². The van der Waals surface area contributed by atoms with Gasteiger partial charge in [-0.3, -0.25) is 0 Å². The summed E-state index contributed by atoms with van der Waals surface area (Å²) in [7, 11) is 0. The summed E-state index contributed by atoms with van der Waals surface area (Å²) in [6.45, 7) is 19.0. The van der Waals surface area contributed by atoms with E-state index in [0.717, 1.165) is 29.8 Å². The Morgan fingerprint density at radius 2 is 1.52 bits per heavy atom. The van der Waals surface area contributed by atoms with Crippen LogP contribution in [0.15, 0.2) is 0 Å². The molecule has 120 valence electrons. The second kappa shape index (κ2) is 4.94. The molecule has 1 aliphatic carbocycles.